The number of carbonyl (C=O) groups excluding carboxylic acids is 3. The highest BCUT2D eigenvalue weighted by Crippen LogP contribution is 2.41. The number of esters is 1. The number of urea groups is 1. The summed E-state index contributed by atoms with van der Waals surface area (Å²) >= 11 is 6.13. The fraction of sp³-hybridized carbons (Fsp3) is 0.286. The molecule has 1 fully saturated rings. The number of nitrogens with zero attached hydrogens (tertiary/aromatic N) is 1. The van der Waals surface area contributed by atoms with Gasteiger partial charge in [0.25, 0.3) is 5.91 Å². The van der Waals surface area contributed by atoms with Gasteiger partial charge in [0.2, 0.25) is 0 Å². The molecule has 150 valence electrons. The first-order valence-corrected chi connectivity index (χ1v) is 9.60. The van der Waals surface area contributed by atoms with Crippen molar-refractivity contribution in [3.63, 3.8) is 0 Å². The average Bonchev–Trinajstić information content (AvgIpc) is 2.93. The van der Waals surface area contributed by atoms with Crippen molar-refractivity contribution in [2.24, 2.45) is 0 Å². The number of imide groups is 1. The van der Waals surface area contributed by atoms with Crippen molar-refractivity contribution in [3.05, 3.63) is 64.7 Å². The molecule has 2 atom stereocenters. The summed E-state index contributed by atoms with van der Waals surface area (Å²) in [5, 5.41) is 3.23. The van der Waals surface area contributed by atoms with E-state index in [9.17, 15) is 14.4 Å². The fourth-order valence-electron chi connectivity index (χ4n) is 3.75. The molecule has 0 saturated carbocycles. The Morgan fingerprint density at radius 3 is 2.76 bits per heavy atom. The van der Waals surface area contributed by atoms with Crippen LogP contribution in [0, 0.1) is 0 Å². The van der Waals surface area contributed by atoms with Crippen LogP contribution in [-0.2, 0) is 19.9 Å². The summed E-state index contributed by atoms with van der Waals surface area (Å²) in [4.78, 5) is 39.0. The summed E-state index contributed by atoms with van der Waals surface area (Å²) in [6.45, 7) is 1.48. The molecule has 8 heteroatoms. The van der Waals surface area contributed by atoms with Crippen molar-refractivity contribution in [1.82, 2.24) is 10.2 Å². The number of rotatable bonds is 4. The zero-order valence-corrected chi connectivity index (χ0v) is 16.4. The molecular formula is C21H19ClN2O5. The quantitative estimate of drug-likeness (QED) is 0.613. The normalized spacial score (nSPS) is 21.4. The van der Waals surface area contributed by atoms with Crippen LogP contribution in [0.15, 0.2) is 48.5 Å². The number of amides is 3. The van der Waals surface area contributed by atoms with Crippen molar-refractivity contribution >= 4 is 29.5 Å². The van der Waals surface area contributed by atoms with E-state index in [0.29, 0.717) is 21.9 Å². The number of hydrogen-bond acceptors (Lipinski definition) is 5. The molecule has 2 heterocycles. The van der Waals surface area contributed by atoms with Gasteiger partial charge in [0.15, 0.2) is 5.54 Å². The average molecular weight is 415 g/mol. The highest BCUT2D eigenvalue weighted by Gasteiger charge is 2.55. The maximum absolute atomic E-state index is 13.2. The molecule has 29 heavy (non-hydrogen) atoms. The largest absolute Gasteiger partial charge is 0.493 e. The number of fused-ring (bicyclic) bond motifs is 2. The van der Waals surface area contributed by atoms with Crippen LogP contribution in [0.25, 0.3) is 0 Å². The summed E-state index contributed by atoms with van der Waals surface area (Å²) < 4.78 is 11.0. The monoisotopic (exact) mass is 414 g/mol. The van der Waals surface area contributed by atoms with Crippen LogP contribution in [0.3, 0.4) is 0 Å². The van der Waals surface area contributed by atoms with Crippen LogP contribution >= 0.6 is 11.6 Å². The Hall–Kier alpha value is -3.06. The Labute approximate surface area is 172 Å². The number of halogens is 1. The summed E-state index contributed by atoms with van der Waals surface area (Å²) in [5.74, 6) is -0.636. The topological polar surface area (TPSA) is 84.9 Å². The lowest BCUT2D eigenvalue weighted by Gasteiger charge is -2.33. The molecular weight excluding hydrogens is 396 g/mol. The summed E-state index contributed by atoms with van der Waals surface area (Å²) in [5.41, 5.74) is 0.0139. The van der Waals surface area contributed by atoms with Crippen LogP contribution in [-0.4, -0.2) is 36.0 Å². The second-order valence-corrected chi connectivity index (χ2v) is 7.38. The lowest BCUT2D eigenvalue weighted by atomic mass is 9.84. The zero-order chi connectivity index (χ0) is 20.6. The lowest BCUT2D eigenvalue weighted by molar-refractivity contribution is -0.152. The number of nitrogens with one attached hydrogen (secondary N) is 1. The van der Waals surface area contributed by atoms with E-state index in [1.807, 2.05) is 0 Å². The number of carbonyl (C=O) groups is 3. The van der Waals surface area contributed by atoms with E-state index in [1.54, 1.807) is 55.5 Å². The lowest BCUT2D eigenvalue weighted by Crippen LogP contribution is -2.47. The van der Waals surface area contributed by atoms with E-state index in [-0.39, 0.29) is 13.0 Å². The first-order chi connectivity index (χ1) is 13.9. The van der Waals surface area contributed by atoms with E-state index < -0.39 is 36.1 Å². The summed E-state index contributed by atoms with van der Waals surface area (Å²) in [7, 11) is 0. The van der Waals surface area contributed by atoms with Gasteiger partial charge in [0.05, 0.1) is 6.61 Å². The first kappa shape index (κ1) is 19.3. The SMILES string of the molecule is C[C@H](OC(=O)CN1C(=O)N[C@@]2(CCOc3ccccc32)C1=O)c1ccccc1Cl. The zero-order valence-electron chi connectivity index (χ0n) is 15.7. The van der Waals surface area contributed by atoms with Gasteiger partial charge in [-0.3, -0.25) is 14.5 Å². The highest BCUT2D eigenvalue weighted by molar-refractivity contribution is 6.31. The second kappa shape index (κ2) is 7.40. The predicted molar refractivity (Wildman–Crippen MR) is 104 cm³/mol. The molecule has 2 aromatic rings. The van der Waals surface area contributed by atoms with Gasteiger partial charge < -0.3 is 14.8 Å². The molecule has 3 amide bonds. The smallest absolute Gasteiger partial charge is 0.326 e. The molecule has 0 unspecified atom stereocenters. The van der Waals surface area contributed by atoms with Gasteiger partial charge in [0.1, 0.15) is 18.4 Å². The third-order valence-corrected chi connectivity index (χ3v) is 5.54. The Balaban J connectivity index is 1.51. The number of hydrogen-bond donors (Lipinski definition) is 1. The van der Waals surface area contributed by atoms with Gasteiger partial charge in [0, 0.05) is 22.6 Å². The minimum Gasteiger partial charge on any atom is -0.493 e. The van der Waals surface area contributed by atoms with Crippen molar-refractivity contribution in [2.75, 3.05) is 13.2 Å². The molecule has 0 aliphatic carbocycles. The molecule has 4 rings (SSSR count). The molecule has 2 aliphatic heterocycles. The fourth-order valence-corrected chi connectivity index (χ4v) is 4.04. The third kappa shape index (κ3) is 3.31. The van der Waals surface area contributed by atoms with Gasteiger partial charge in [-0.15, -0.1) is 0 Å². The molecule has 1 saturated heterocycles. The molecule has 1 N–H and O–H groups in total. The van der Waals surface area contributed by atoms with Gasteiger partial charge >= 0.3 is 12.0 Å². The van der Waals surface area contributed by atoms with Crippen molar-refractivity contribution < 1.29 is 23.9 Å². The molecule has 1 spiro atoms. The molecule has 0 radical (unpaired) electrons. The standard InChI is InChI=1S/C21H19ClN2O5/c1-13(14-6-2-4-8-16(14)22)29-18(25)12-24-19(26)21(23-20(24)27)10-11-28-17-9-5-3-7-15(17)21/h2-9,13H,10-12H2,1H3,(H,23,27)/t13-,21+/m0/s1. The van der Waals surface area contributed by atoms with Crippen molar-refractivity contribution in [1.29, 1.82) is 0 Å². The van der Waals surface area contributed by atoms with E-state index in [0.717, 1.165) is 4.90 Å². The molecule has 0 bridgehead atoms. The highest BCUT2D eigenvalue weighted by atomic mass is 35.5. The number of benzene rings is 2. The Morgan fingerprint density at radius 1 is 1.24 bits per heavy atom. The van der Waals surface area contributed by atoms with Gasteiger partial charge in [-0.05, 0) is 19.1 Å². The van der Waals surface area contributed by atoms with Crippen LogP contribution in [0.4, 0.5) is 4.79 Å². The molecule has 0 aromatic heterocycles. The van der Waals surface area contributed by atoms with Crippen LogP contribution in [0.1, 0.15) is 30.6 Å². The maximum atomic E-state index is 13.2. The molecule has 2 aromatic carbocycles. The minimum absolute atomic E-state index is 0.283. The van der Waals surface area contributed by atoms with Crippen LogP contribution in [0.5, 0.6) is 5.75 Å². The minimum atomic E-state index is -1.22. The van der Waals surface area contributed by atoms with Gasteiger partial charge in [-0.1, -0.05) is 48.0 Å². The summed E-state index contributed by atoms with van der Waals surface area (Å²) in [6.07, 6.45) is -0.328. The van der Waals surface area contributed by atoms with Crippen LogP contribution in [0.2, 0.25) is 5.02 Å². The van der Waals surface area contributed by atoms with Crippen molar-refractivity contribution in [2.45, 2.75) is 25.0 Å². The van der Waals surface area contributed by atoms with Gasteiger partial charge in [-0.25, -0.2) is 4.79 Å². The van der Waals surface area contributed by atoms with Crippen LogP contribution < -0.4 is 10.1 Å². The Kier molecular flexibility index (Phi) is 4.92. The number of para-hydroxylation sites is 1. The number of ether oxygens (including phenoxy) is 2. The molecule has 7 nitrogen and oxygen atoms in total. The Morgan fingerprint density at radius 2 is 1.97 bits per heavy atom. The van der Waals surface area contributed by atoms with E-state index in [4.69, 9.17) is 21.1 Å². The van der Waals surface area contributed by atoms with E-state index >= 15 is 0 Å². The Bertz CT molecular complexity index is 995. The second-order valence-electron chi connectivity index (χ2n) is 6.98. The van der Waals surface area contributed by atoms with Crippen molar-refractivity contribution in [3.8, 4) is 5.75 Å². The molecule has 2 aliphatic rings. The predicted octanol–water partition coefficient (Wildman–Crippen LogP) is 3.17. The van der Waals surface area contributed by atoms with E-state index in [2.05, 4.69) is 5.32 Å². The van der Waals surface area contributed by atoms with E-state index in [1.165, 1.54) is 0 Å². The maximum Gasteiger partial charge on any atom is 0.326 e. The first-order valence-electron chi connectivity index (χ1n) is 9.23. The third-order valence-electron chi connectivity index (χ3n) is 5.20. The van der Waals surface area contributed by atoms with Gasteiger partial charge in [-0.2, -0.15) is 0 Å². The summed E-state index contributed by atoms with van der Waals surface area (Å²) in [6, 6.07) is 13.4.